The number of halogens is 3. The lowest BCUT2D eigenvalue weighted by Gasteiger charge is -2.29. The molecule has 0 radical (unpaired) electrons. The summed E-state index contributed by atoms with van der Waals surface area (Å²) in [6.45, 7) is 0.968. The minimum atomic E-state index is -4.35. The molecule has 0 saturated carbocycles. The summed E-state index contributed by atoms with van der Waals surface area (Å²) in [5.41, 5.74) is 0.422. The SMILES string of the molecule is CCOC(=O)OCOC(=O)c1cccc2c1OB(O)[C@@H](NC(=O)CCCC(F)(F)F)C2. The van der Waals surface area contributed by atoms with Gasteiger partial charge in [-0.1, -0.05) is 12.1 Å². The number of ether oxygens (including phenoxy) is 3. The Morgan fingerprint density at radius 1 is 1.26 bits per heavy atom. The number of benzene rings is 1. The maximum atomic E-state index is 12.2. The Bertz CT molecular complexity index is 804. The van der Waals surface area contributed by atoms with Crippen LogP contribution in [-0.4, -0.2) is 55.7 Å². The van der Waals surface area contributed by atoms with E-state index in [9.17, 15) is 32.6 Å². The molecule has 0 saturated heterocycles. The van der Waals surface area contributed by atoms with Crippen molar-refractivity contribution in [3.63, 3.8) is 0 Å². The van der Waals surface area contributed by atoms with Crippen molar-refractivity contribution in [3.8, 4) is 5.75 Å². The van der Waals surface area contributed by atoms with Gasteiger partial charge in [0.05, 0.1) is 12.5 Å². The van der Waals surface area contributed by atoms with Crippen LogP contribution in [0.2, 0.25) is 0 Å². The minimum absolute atomic E-state index is 0.0266. The van der Waals surface area contributed by atoms with Crippen LogP contribution in [0.1, 0.15) is 42.1 Å². The van der Waals surface area contributed by atoms with E-state index < -0.39 is 50.5 Å². The Balaban J connectivity index is 1.95. The molecule has 1 amide bonds. The maximum Gasteiger partial charge on any atom is 0.547 e. The second kappa shape index (κ2) is 10.9. The van der Waals surface area contributed by atoms with E-state index in [2.05, 4.69) is 14.8 Å². The highest BCUT2D eigenvalue weighted by molar-refractivity contribution is 6.47. The van der Waals surface area contributed by atoms with Crippen molar-refractivity contribution >= 4 is 25.2 Å². The molecule has 1 aliphatic rings. The van der Waals surface area contributed by atoms with Gasteiger partial charge >= 0.3 is 25.4 Å². The lowest BCUT2D eigenvalue weighted by Crippen LogP contribution is -2.53. The summed E-state index contributed by atoms with van der Waals surface area (Å²) in [6.07, 6.45) is -7.10. The number of nitrogens with one attached hydrogen (secondary N) is 1. The van der Waals surface area contributed by atoms with Crippen molar-refractivity contribution in [1.29, 1.82) is 0 Å². The van der Waals surface area contributed by atoms with Crippen molar-refractivity contribution in [2.45, 2.75) is 44.7 Å². The standard InChI is InChI=1S/C18H21BF3NO8/c1-2-28-17(26)30-10-29-16(25)12-6-3-5-11-9-13(19(27)31-15(11)12)23-14(24)7-4-8-18(20,21)22/h3,5-6,13,27H,2,4,7-10H2,1H3,(H,23,24)/t13-/m0/s1. The number of rotatable bonds is 8. The van der Waals surface area contributed by atoms with Crippen molar-refractivity contribution in [2.24, 2.45) is 0 Å². The van der Waals surface area contributed by atoms with Gasteiger partial charge in [-0.05, 0) is 31.4 Å². The lowest BCUT2D eigenvalue weighted by molar-refractivity contribution is -0.137. The minimum Gasteiger partial charge on any atom is -0.534 e. The molecule has 1 aliphatic heterocycles. The van der Waals surface area contributed by atoms with Crippen LogP contribution >= 0.6 is 0 Å². The monoisotopic (exact) mass is 447 g/mol. The molecule has 2 rings (SSSR count). The third kappa shape index (κ3) is 7.66. The Morgan fingerprint density at radius 2 is 2.00 bits per heavy atom. The Hall–Kier alpha value is -2.96. The summed E-state index contributed by atoms with van der Waals surface area (Å²) in [7, 11) is -1.54. The first-order valence-electron chi connectivity index (χ1n) is 9.40. The maximum absolute atomic E-state index is 12.2. The molecule has 0 spiro atoms. The highest BCUT2D eigenvalue weighted by Crippen LogP contribution is 2.30. The second-order valence-corrected chi connectivity index (χ2v) is 6.53. The normalized spacial score (nSPS) is 15.4. The molecule has 0 fully saturated rings. The average Bonchev–Trinajstić information content (AvgIpc) is 2.67. The summed E-state index contributed by atoms with van der Waals surface area (Å²) < 4.78 is 55.8. The number of amides is 1. The third-order valence-corrected chi connectivity index (χ3v) is 4.18. The fourth-order valence-corrected chi connectivity index (χ4v) is 2.81. The number of carbonyl (C=O) groups excluding carboxylic acids is 3. The van der Waals surface area contributed by atoms with Gasteiger partial charge in [0.1, 0.15) is 11.3 Å². The molecule has 0 bridgehead atoms. The molecule has 13 heteroatoms. The van der Waals surface area contributed by atoms with E-state index in [0.29, 0.717) is 5.56 Å². The molecule has 1 aromatic carbocycles. The van der Waals surface area contributed by atoms with E-state index in [1.807, 2.05) is 0 Å². The molecule has 0 aromatic heterocycles. The molecule has 1 atom stereocenters. The average molecular weight is 447 g/mol. The molecular weight excluding hydrogens is 426 g/mol. The quantitative estimate of drug-likeness (QED) is 0.354. The Morgan fingerprint density at radius 3 is 2.68 bits per heavy atom. The summed E-state index contributed by atoms with van der Waals surface area (Å²) in [6, 6.07) is 4.48. The topological polar surface area (TPSA) is 120 Å². The van der Waals surface area contributed by atoms with Gasteiger partial charge in [-0.3, -0.25) is 4.79 Å². The first kappa shape index (κ1) is 24.3. The van der Waals surface area contributed by atoms with Crippen molar-refractivity contribution < 1.29 is 51.4 Å². The summed E-state index contributed by atoms with van der Waals surface area (Å²) >= 11 is 0. The fraction of sp³-hybridized carbons (Fsp3) is 0.500. The third-order valence-electron chi connectivity index (χ3n) is 4.18. The summed E-state index contributed by atoms with van der Waals surface area (Å²) in [5.74, 6) is -2.43. The number of fused-ring (bicyclic) bond motifs is 1. The molecule has 0 aliphatic carbocycles. The molecule has 0 unspecified atom stereocenters. The van der Waals surface area contributed by atoms with Crippen LogP contribution < -0.4 is 9.97 Å². The van der Waals surface area contributed by atoms with Crippen LogP contribution in [0.3, 0.4) is 0 Å². The number of esters is 1. The number of hydrogen-bond donors (Lipinski definition) is 2. The van der Waals surface area contributed by atoms with Crippen LogP contribution in [0.5, 0.6) is 5.75 Å². The first-order valence-corrected chi connectivity index (χ1v) is 9.40. The van der Waals surface area contributed by atoms with Gasteiger partial charge in [0.2, 0.25) is 12.7 Å². The van der Waals surface area contributed by atoms with Gasteiger partial charge in [-0.15, -0.1) is 0 Å². The van der Waals surface area contributed by atoms with E-state index in [-0.39, 0.29) is 37.2 Å². The fourth-order valence-electron chi connectivity index (χ4n) is 2.81. The predicted molar refractivity (Wildman–Crippen MR) is 99.0 cm³/mol. The molecule has 9 nitrogen and oxygen atoms in total. The largest absolute Gasteiger partial charge is 0.547 e. The van der Waals surface area contributed by atoms with E-state index >= 15 is 0 Å². The Kier molecular flexibility index (Phi) is 8.54. The molecule has 1 aromatic rings. The van der Waals surface area contributed by atoms with Gasteiger partial charge in [-0.2, -0.15) is 13.2 Å². The Labute approximate surface area is 175 Å². The predicted octanol–water partition coefficient (Wildman–Crippen LogP) is 2.15. The zero-order valence-electron chi connectivity index (χ0n) is 16.6. The molecule has 31 heavy (non-hydrogen) atoms. The van der Waals surface area contributed by atoms with Crippen molar-refractivity contribution in [2.75, 3.05) is 13.4 Å². The van der Waals surface area contributed by atoms with Gasteiger partial charge < -0.3 is 29.2 Å². The first-order chi connectivity index (χ1) is 14.6. The number of hydrogen-bond acceptors (Lipinski definition) is 8. The zero-order valence-corrected chi connectivity index (χ0v) is 16.6. The van der Waals surface area contributed by atoms with Crippen LogP contribution in [0.25, 0.3) is 0 Å². The van der Waals surface area contributed by atoms with Gasteiger partial charge in [0, 0.05) is 12.8 Å². The van der Waals surface area contributed by atoms with E-state index in [1.165, 1.54) is 12.1 Å². The van der Waals surface area contributed by atoms with Crippen LogP contribution in [0.4, 0.5) is 18.0 Å². The van der Waals surface area contributed by atoms with Crippen LogP contribution in [0.15, 0.2) is 18.2 Å². The number of carbonyl (C=O) groups is 3. The summed E-state index contributed by atoms with van der Waals surface area (Å²) in [5, 5.41) is 12.6. The van der Waals surface area contributed by atoms with E-state index in [1.54, 1.807) is 13.0 Å². The van der Waals surface area contributed by atoms with Gasteiger partial charge in [-0.25, -0.2) is 9.59 Å². The molecule has 1 heterocycles. The van der Waals surface area contributed by atoms with Crippen molar-refractivity contribution in [3.05, 3.63) is 29.3 Å². The van der Waals surface area contributed by atoms with Gasteiger partial charge in [0.15, 0.2) is 0 Å². The highest BCUT2D eigenvalue weighted by Gasteiger charge is 2.38. The van der Waals surface area contributed by atoms with Crippen molar-refractivity contribution in [1.82, 2.24) is 5.32 Å². The number of para-hydroxylation sites is 1. The van der Waals surface area contributed by atoms with E-state index in [4.69, 9.17) is 9.39 Å². The van der Waals surface area contributed by atoms with E-state index in [0.717, 1.165) is 0 Å². The molecular formula is C18H21BF3NO8. The molecule has 2 N–H and O–H groups in total. The second-order valence-electron chi connectivity index (χ2n) is 6.53. The zero-order chi connectivity index (χ0) is 23.0. The molecule has 170 valence electrons. The van der Waals surface area contributed by atoms with Gasteiger partial charge in [0.25, 0.3) is 0 Å². The van der Waals surface area contributed by atoms with Crippen LogP contribution in [-0.2, 0) is 25.4 Å². The lowest BCUT2D eigenvalue weighted by atomic mass is 9.72. The van der Waals surface area contributed by atoms with Crippen LogP contribution in [0, 0.1) is 0 Å². The highest BCUT2D eigenvalue weighted by atomic mass is 19.4. The summed E-state index contributed by atoms with van der Waals surface area (Å²) in [4.78, 5) is 35.2. The smallest absolute Gasteiger partial charge is 0.534 e. The number of alkyl halides is 3.